The van der Waals surface area contributed by atoms with Crippen molar-refractivity contribution in [3.05, 3.63) is 36.5 Å². The molecule has 0 bridgehead atoms. The third-order valence-corrected chi connectivity index (χ3v) is 6.31. The van der Waals surface area contributed by atoms with Gasteiger partial charge in [0.15, 0.2) is 9.84 Å². The Kier molecular flexibility index (Phi) is 4.80. The van der Waals surface area contributed by atoms with Crippen molar-refractivity contribution in [3.8, 4) is 0 Å². The molecule has 130 valence electrons. The SMILES string of the molecule is CCN(C(=O)NCCn1ccc2ccccc21)[C@@H]1CCS(=O)(=O)C1. The topological polar surface area (TPSA) is 71.4 Å². The predicted octanol–water partition coefficient (Wildman–Crippen LogP) is 1.86. The van der Waals surface area contributed by atoms with Crippen LogP contribution in [0.25, 0.3) is 10.9 Å². The molecule has 0 spiro atoms. The van der Waals surface area contributed by atoms with Crippen LogP contribution in [0, 0.1) is 0 Å². The number of nitrogens with zero attached hydrogens (tertiary/aromatic N) is 2. The van der Waals surface area contributed by atoms with Gasteiger partial charge in [0.05, 0.1) is 11.5 Å². The Bertz CT molecular complexity index is 828. The van der Waals surface area contributed by atoms with E-state index in [0.29, 0.717) is 26.1 Å². The molecule has 1 saturated heterocycles. The lowest BCUT2D eigenvalue weighted by Crippen LogP contribution is -2.47. The lowest BCUT2D eigenvalue weighted by molar-refractivity contribution is 0.183. The summed E-state index contributed by atoms with van der Waals surface area (Å²) in [6.07, 6.45) is 2.55. The fraction of sp³-hybridized carbons (Fsp3) is 0.471. The van der Waals surface area contributed by atoms with Crippen molar-refractivity contribution in [2.45, 2.75) is 25.9 Å². The summed E-state index contributed by atoms with van der Waals surface area (Å²) in [4.78, 5) is 14.0. The number of benzene rings is 1. The fourth-order valence-corrected chi connectivity index (χ4v) is 5.04. The smallest absolute Gasteiger partial charge is 0.317 e. The number of aromatic nitrogens is 1. The van der Waals surface area contributed by atoms with Crippen molar-refractivity contribution in [1.29, 1.82) is 0 Å². The van der Waals surface area contributed by atoms with Crippen molar-refractivity contribution < 1.29 is 13.2 Å². The molecule has 3 rings (SSSR count). The van der Waals surface area contributed by atoms with Gasteiger partial charge in [0, 0.05) is 37.4 Å². The highest BCUT2D eigenvalue weighted by Gasteiger charge is 2.33. The van der Waals surface area contributed by atoms with Crippen molar-refractivity contribution in [3.63, 3.8) is 0 Å². The summed E-state index contributed by atoms with van der Waals surface area (Å²) in [5.41, 5.74) is 1.14. The van der Waals surface area contributed by atoms with Gasteiger partial charge < -0.3 is 14.8 Å². The summed E-state index contributed by atoms with van der Waals surface area (Å²) in [6.45, 7) is 3.58. The van der Waals surface area contributed by atoms with Crippen LogP contribution in [0.2, 0.25) is 0 Å². The fourth-order valence-electron chi connectivity index (χ4n) is 3.31. The summed E-state index contributed by atoms with van der Waals surface area (Å²) in [6, 6.07) is 9.78. The van der Waals surface area contributed by atoms with E-state index in [2.05, 4.69) is 28.1 Å². The third-order valence-electron chi connectivity index (χ3n) is 4.56. The monoisotopic (exact) mass is 349 g/mol. The summed E-state index contributed by atoms with van der Waals surface area (Å²) in [5.74, 6) is 0.257. The van der Waals surface area contributed by atoms with Crippen LogP contribution in [0.1, 0.15) is 13.3 Å². The van der Waals surface area contributed by atoms with E-state index in [4.69, 9.17) is 0 Å². The van der Waals surface area contributed by atoms with Crippen molar-refractivity contribution in [2.24, 2.45) is 0 Å². The van der Waals surface area contributed by atoms with Gasteiger partial charge in [-0.1, -0.05) is 18.2 Å². The minimum absolute atomic E-state index is 0.0799. The Hall–Kier alpha value is -2.02. The van der Waals surface area contributed by atoms with Crippen LogP contribution in [0.5, 0.6) is 0 Å². The number of hydrogen-bond acceptors (Lipinski definition) is 3. The second-order valence-corrected chi connectivity index (χ2v) is 8.37. The van der Waals surface area contributed by atoms with Gasteiger partial charge >= 0.3 is 6.03 Å². The average Bonchev–Trinajstić information content (AvgIpc) is 3.12. The van der Waals surface area contributed by atoms with Crippen LogP contribution in [-0.2, 0) is 16.4 Å². The van der Waals surface area contributed by atoms with Gasteiger partial charge in [0.25, 0.3) is 0 Å². The molecule has 1 aliphatic heterocycles. The highest BCUT2D eigenvalue weighted by molar-refractivity contribution is 7.91. The number of amides is 2. The molecular formula is C17H23N3O3S. The number of hydrogen-bond donors (Lipinski definition) is 1. The first kappa shape index (κ1) is 16.8. The summed E-state index contributed by atoms with van der Waals surface area (Å²) in [7, 11) is -2.99. The quantitative estimate of drug-likeness (QED) is 0.896. The second-order valence-electron chi connectivity index (χ2n) is 6.14. The van der Waals surface area contributed by atoms with E-state index < -0.39 is 9.84 Å². The first-order valence-corrected chi connectivity index (χ1v) is 10.1. The zero-order chi connectivity index (χ0) is 17.2. The lowest BCUT2D eigenvalue weighted by atomic mass is 10.2. The van der Waals surface area contributed by atoms with Crippen LogP contribution in [0.4, 0.5) is 4.79 Å². The molecule has 6 nitrogen and oxygen atoms in total. The van der Waals surface area contributed by atoms with E-state index >= 15 is 0 Å². The minimum Gasteiger partial charge on any atom is -0.346 e. The van der Waals surface area contributed by atoms with E-state index in [0.717, 1.165) is 5.52 Å². The maximum Gasteiger partial charge on any atom is 0.317 e. The Morgan fingerprint density at radius 3 is 2.83 bits per heavy atom. The van der Waals surface area contributed by atoms with Gasteiger partial charge in [0.2, 0.25) is 0 Å². The zero-order valence-electron chi connectivity index (χ0n) is 13.8. The van der Waals surface area contributed by atoms with Crippen molar-refractivity contribution >= 4 is 26.8 Å². The molecule has 1 N–H and O–H groups in total. The minimum atomic E-state index is -2.99. The number of sulfone groups is 1. The summed E-state index contributed by atoms with van der Waals surface area (Å²) >= 11 is 0. The molecule has 0 aliphatic carbocycles. The highest BCUT2D eigenvalue weighted by atomic mass is 32.2. The second kappa shape index (κ2) is 6.84. The molecule has 1 aliphatic rings. The number of nitrogens with one attached hydrogen (secondary N) is 1. The van der Waals surface area contributed by atoms with Crippen molar-refractivity contribution in [2.75, 3.05) is 24.6 Å². The van der Waals surface area contributed by atoms with Gasteiger partial charge in [0.1, 0.15) is 0 Å². The van der Waals surface area contributed by atoms with Crippen LogP contribution in [0.3, 0.4) is 0 Å². The molecule has 7 heteroatoms. The molecule has 24 heavy (non-hydrogen) atoms. The average molecular weight is 349 g/mol. The molecule has 2 amide bonds. The summed E-state index contributed by atoms with van der Waals surface area (Å²) in [5, 5.41) is 4.09. The Labute approximate surface area is 142 Å². The normalized spacial score (nSPS) is 19.5. The van der Waals surface area contributed by atoms with Crippen LogP contribution < -0.4 is 5.32 Å². The predicted molar refractivity (Wildman–Crippen MR) is 94.8 cm³/mol. The number of carbonyl (C=O) groups excluding carboxylic acids is 1. The number of urea groups is 1. The van der Waals surface area contributed by atoms with Crippen molar-refractivity contribution in [1.82, 2.24) is 14.8 Å². The first-order chi connectivity index (χ1) is 11.5. The van der Waals surface area contributed by atoms with E-state index in [1.807, 2.05) is 25.3 Å². The van der Waals surface area contributed by atoms with Gasteiger partial charge in [-0.25, -0.2) is 13.2 Å². The van der Waals surface area contributed by atoms with Crippen LogP contribution in [-0.4, -0.2) is 54.6 Å². The molecule has 0 saturated carbocycles. The molecule has 2 aromatic rings. The van der Waals surface area contributed by atoms with Crippen LogP contribution in [0.15, 0.2) is 36.5 Å². The number of fused-ring (bicyclic) bond motifs is 1. The maximum absolute atomic E-state index is 12.4. The molecule has 2 heterocycles. The number of carbonyl (C=O) groups is 1. The number of rotatable bonds is 5. The first-order valence-electron chi connectivity index (χ1n) is 8.29. The molecule has 1 aromatic heterocycles. The number of para-hydroxylation sites is 1. The lowest BCUT2D eigenvalue weighted by Gasteiger charge is -2.27. The Morgan fingerprint density at radius 2 is 2.12 bits per heavy atom. The van der Waals surface area contributed by atoms with E-state index in [-0.39, 0.29) is 23.6 Å². The Balaban J connectivity index is 1.56. The molecular weight excluding hydrogens is 326 g/mol. The standard InChI is InChI=1S/C17H23N3O3S/c1-2-20(15-8-12-24(22,23)13-15)17(21)18-9-11-19-10-7-14-5-3-4-6-16(14)19/h3-7,10,15H,2,8-9,11-13H2,1H3,(H,18,21)/t15-/m1/s1. The molecule has 0 radical (unpaired) electrons. The van der Waals surface area contributed by atoms with E-state index in [1.165, 1.54) is 5.39 Å². The molecule has 0 unspecified atom stereocenters. The maximum atomic E-state index is 12.4. The third kappa shape index (κ3) is 3.56. The van der Waals surface area contributed by atoms with Gasteiger partial charge in [-0.3, -0.25) is 0 Å². The zero-order valence-corrected chi connectivity index (χ0v) is 14.6. The molecule has 1 aromatic carbocycles. The van der Waals surface area contributed by atoms with Gasteiger partial charge in [-0.15, -0.1) is 0 Å². The Morgan fingerprint density at radius 1 is 1.33 bits per heavy atom. The van der Waals surface area contributed by atoms with Gasteiger partial charge in [-0.2, -0.15) is 0 Å². The molecule has 1 fully saturated rings. The van der Waals surface area contributed by atoms with Gasteiger partial charge in [-0.05, 0) is 30.9 Å². The highest BCUT2D eigenvalue weighted by Crippen LogP contribution is 2.18. The van der Waals surface area contributed by atoms with E-state index in [9.17, 15) is 13.2 Å². The molecule has 1 atom stereocenters. The van der Waals surface area contributed by atoms with E-state index in [1.54, 1.807) is 4.90 Å². The van der Waals surface area contributed by atoms with Crippen LogP contribution >= 0.6 is 0 Å². The summed E-state index contributed by atoms with van der Waals surface area (Å²) < 4.78 is 25.3. The largest absolute Gasteiger partial charge is 0.346 e.